The van der Waals surface area contributed by atoms with E-state index in [2.05, 4.69) is 6.92 Å². The smallest absolute Gasteiger partial charge is 0.239 e. The summed E-state index contributed by atoms with van der Waals surface area (Å²) in [4.78, 5) is 12.7. The maximum absolute atomic E-state index is 12.7. The van der Waals surface area contributed by atoms with Gasteiger partial charge in [-0.2, -0.15) is 0 Å². The molecule has 0 aromatic carbocycles. The zero-order valence-electron chi connectivity index (χ0n) is 10.6. The van der Waals surface area contributed by atoms with Gasteiger partial charge in [0.25, 0.3) is 0 Å². The molecule has 1 saturated carbocycles. The highest BCUT2D eigenvalue weighted by Gasteiger charge is 2.72. The van der Waals surface area contributed by atoms with Gasteiger partial charge in [-0.25, -0.2) is 0 Å². The monoisotopic (exact) mass is 238 g/mol. The molecule has 4 aliphatic rings. The van der Waals surface area contributed by atoms with Crippen LogP contribution in [0.1, 0.15) is 13.8 Å². The summed E-state index contributed by atoms with van der Waals surface area (Å²) in [6, 6.07) is 0. The van der Waals surface area contributed by atoms with Crippen LogP contribution in [-0.2, 0) is 19.0 Å². The fourth-order valence-electron chi connectivity index (χ4n) is 4.00. The lowest BCUT2D eigenvalue weighted by atomic mass is 9.56. The zero-order valence-corrected chi connectivity index (χ0v) is 10.6. The molecule has 1 heterocycles. The summed E-state index contributed by atoms with van der Waals surface area (Å²) in [6.45, 7) is 4.67. The van der Waals surface area contributed by atoms with E-state index in [1.54, 1.807) is 14.2 Å². The van der Waals surface area contributed by atoms with Crippen LogP contribution in [0.25, 0.3) is 0 Å². The average Bonchev–Trinajstić information content (AvgIpc) is 2.71. The molecule has 2 fully saturated rings. The highest BCUT2D eigenvalue weighted by atomic mass is 16.7. The van der Waals surface area contributed by atoms with E-state index in [4.69, 9.17) is 14.2 Å². The molecular weight excluding hydrogens is 220 g/mol. The van der Waals surface area contributed by atoms with Crippen molar-refractivity contribution in [2.24, 2.45) is 17.8 Å². The SMILES string of the molecule is CO[C@@]12OC[C@@H]3[C@@H](C)[C@@](OC)(C=C(C)[C@@H]31)C2=O. The minimum absolute atomic E-state index is 0.0482. The number of Topliss-reactive ketones (excluding diaryl/α,β-unsaturated/α-hetero) is 1. The summed E-state index contributed by atoms with van der Waals surface area (Å²) in [6.07, 6.45) is 1.97. The van der Waals surface area contributed by atoms with Gasteiger partial charge in [0.1, 0.15) is 0 Å². The Bertz CT molecular complexity index is 416. The van der Waals surface area contributed by atoms with E-state index in [9.17, 15) is 4.79 Å². The molecule has 0 N–H and O–H groups in total. The Morgan fingerprint density at radius 2 is 2.12 bits per heavy atom. The minimum Gasteiger partial charge on any atom is -0.366 e. The van der Waals surface area contributed by atoms with Crippen LogP contribution in [0.15, 0.2) is 11.6 Å². The number of hydrogen-bond donors (Lipinski definition) is 0. The van der Waals surface area contributed by atoms with E-state index in [1.165, 1.54) is 0 Å². The Morgan fingerprint density at radius 1 is 1.41 bits per heavy atom. The molecule has 4 heteroatoms. The molecule has 3 aliphatic carbocycles. The number of carbonyl (C=O) groups is 1. The van der Waals surface area contributed by atoms with E-state index in [1.807, 2.05) is 13.0 Å². The van der Waals surface area contributed by atoms with Gasteiger partial charge < -0.3 is 14.2 Å². The van der Waals surface area contributed by atoms with Crippen LogP contribution in [-0.4, -0.2) is 38.0 Å². The van der Waals surface area contributed by atoms with Gasteiger partial charge in [0, 0.05) is 32.0 Å². The van der Waals surface area contributed by atoms with E-state index < -0.39 is 11.4 Å². The summed E-state index contributed by atoms with van der Waals surface area (Å²) < 4.78 is 16.8. The Morgan fingerprint density at radius 3 is 2.71 bits per heavy atom. The zero-order chi connectivity index (χ0) is 12.4. The maximum atomic E-state index is 12.7. The van der Waals surface area contributed by atoms with Crippen molar-refractivity contribution >= 4 is 5.78 Å². The second-order valence-electron chi connectivity index (χ2n) is 5.33. The van der Waals surface area contributed by atoms with Gasteiger partial charge >= 0.3 is 0 Å². The molecule has 4 rings (SSSR count). The Hall–Kier alpha value is -0.710. The molecule has 0 unspecified atom stereocenters. The first-order valence-electron chi connectivity index (χ1n) is 6.02. The van der Waals surface area contributed by atoms with Crippen molar-refractivity contribution in [3.63, 3.8) is 0 Å². The lowest BCUT2D eigenvalue weighted by Crippen LogP contribution is -2.68. The largest absolute Gasteiger partial charge is 0.366 e. The van der Waals surface area contributed by atoms with Crippen LogP contribution >= 0.6 is 0 Å². The van der Waals surface area contributed by atoms with Crippen molar-refractivity contribution in [1.82, 2.24) is 0 Å². The molecule has 0 aromatic rings. The first kappa shape index (κ1) is 11.4. The highest BCUT2D eigenvalue weighted by molar-refractivity contribution is 5.99. The normalized spacial score (nSPS) is 51.9. The van der Waals surface area contributed by atoms with E-state index in [-0.39, 0.29) is 17.6 Å². The summed E-state index contributed by atoms with van der Waals surface area (Å²) in [7, 11) is 3.13. The molecule has 17 heavy (non-hydrogen) atoms. The van der Waals surface area contributed by atoms with Crippen LogP contribution < -0.4 is 0 Å². The number of rotatable bonds is 2. The van der Waals surface area contributed by atoms with Crippen LogP contribution in [0.5, 0.6) is 0 Å². The van der Waals surface area contributed by atoms with Crippen molar-refractivity contribution < 1.29 is 19.0 Å². The summed E-state index contributed by atoms with van der Waals surface area (Å²) in [5.41, 5.74) is 0.282. The minimum atomic E-state index is -1.11. The second kappa shape index (κ2) is 3.19. The first-order valence-corrected chi connectivity index (χ1v) is 6.02. The van der Waals surface area contributed by atoms with Gasteiger partial charge in [0.2, 0.25) is 11.6 Å². The fourth-order valence-corrected chi connectivity index (χ4v) is 4.00. The maximum Gasteiger partial charge on any atom is 0.239 e. The third-order valence-corrected chi connectivity index (χ3v) is 4.89. The van der Waals surface area contributed by atoms with Gasteiger partial charge in [0.15, 0.2) is 5.60 Å². The lowest BCUT2D eigenvalue weighted by molar-refractivity contribution is -0.234. The Kier molecular flexibility index (Phi) is 2.14. The van der Waals surface area contributed by atoms with Crippen molar-refractivity contribution in [1.29, 1.82) is 0 Å². The van der Waals surface area contributed by atoms with Gasteiger partial charge in [-0.1, -0.05) is 12.5 Å². The Labute approximate surface area is 101 Å². The molecule has 0 aromatic heterocycles. The van der Waals surface area contributed by atoms with Gasteiger partial charge in [-0.3, -0.25) is 4.79 Å². The summed E-state index contributed by atoms with van der Waals surface area (Å²) in [5, 5.41) is 0. The highest BCUT2D eigenvalue weighted by Crippen LogP contribution is 2.59. The molecule has 1 saturated heterocycles. The second-order valence-corrected chi connectivity index (χ2v) is 5.33. The molecule has 4 bridgehead atoms. The van der Waals surface area contributed by atoms with E-state index in [0.29, 0.717) is 12.5 Å². The predicted molar refractivity (Wildman–Crippen MR) is 60.3 cm³/mol. The topological polar surface area (TPSA) is 44.8 Å². The average molecular weight is 238 g/mol. The molecule has 1 aliphatic heterocycles. The number of carbonyl (C=O) groups excluding carboxylic acids is 1. The molecule has 94 valence electrons. The molecular formula is C13H18O4. The summed E-state index contributed by atoms with van der Waals surface area (Å²) >= 11 is 0. The van der Waals surface area contributed by atoms with Crippen LogP contribution in [0.2, 0.25) is 0 Å². The lowest BCUT2D eigenvalue weighted by Gasteiger charge is -2.53. The van der Waals surface area contributed by atoms with Crippen LogP contribution in [0.4, 0.5) is 0 Å². The van der Waals surface area contributed by atoms with Crippen LogP contribution in [0, 0.1) is 17.8 Å². The Balaban J connectivity index is 2.25. The summed E-state index contributed by atoms with van der Waals surface area (Å²) in [5.74, 6) is -0.692. The molecule has 0 radical (unpaired) electrons. The first-order chi connectivity index (χ1) is 8.03. The number of ether oxygens (including phenoxy) is 3. The third kappa shape index (κ3) is 0.988. The molecule has 4 nitrogen and oxygen atoms in total. The van der Waals surface area contributed by atoms with Crippen molar-refractivity contribution in [2.75, 3.05) is 20.8 Å². The number of methoxy groups -OCH3 is 2. The quantitative estimate of drug-likeness (QED) is 0.677. The molecule has 0 spiro atoms. The van der Waals surface area contributed by atoms with Gasteiger partial charge in [-0.15, -0.1) is 0 Å². The van der Waals surface area contributed by atoms with E-state index in [0.717, 1.165) is 5.57 Å². The van der Waals surface area contributed by atoms with Gasteiger partial charge in [-0.05, 0) is 13.0 Å². The standard InChI is InChI=1S/C13H18O4/c1-7-5-12(15-3)8(2)9-6-17-13(16-4,10(7)9)11(12)14/h5,8-10H,6H2,1-4H3/t8-,9-,10+,12+,13-/m1/s1. The fraction of sp³-hybridized carbons (Fsp3) is 0.769. The van der Waals surface area contributed by atoms with Crippen molar-refractivity contribution in [3.05, 3.63) is 11.6 Å². The number of hydrogen-bond acceptors (Lipinski definition) is 4. The van der Waals surface area contributed by atoms with Crippen molar-refractivity contribution in [2.45, 2.75) is 25.2 Å². The van der Waals surface area contributed by atoms with Gasteiger partial charge in [0.05, 0.1) is 6.61 Å². The van der Waals surface area contributed by atoms with Crippen LogP contribution in [0.3, 0.4) is 0 Å². The number of ketones is 1. The molecule has 0 amide bonds. The van der Waals surface area contributed by atoms with E-state index >= 15 is 0 Å². The predicted octanol–water partition coefficient (Wildman–Crippen LogP) is 1.16. The third-order valence-electron chi connectivity index (χ3n) is 4.89. The molecule has 5 atom stereocenters. The van der Waals surface area contributed by atoms with Crippen molar-refractivity contribution in [3.8, 4) is 0 Å².